The summed E-state index contributed by atoms with van der Waals surface area (Å²) in [4.78, 5) is 34.0. The summed E-state index contributed by atoms with van der Waals surface area (Å²) >= 11 is 0. The first-order valence-corrected chi connectivity index (χ1v) is 5.53. The minimum absolute atomic E-state index is 0.192. The molecule has 0 aromatic carbocycles. The van der Waals surface area contributed by atoms with Crippen molar-refractivity contribution in [3.63, 3.8) is 0 Å². The van der Waals surface area contributed by atoms with E-state index in [1.165, 1.54) is 0 Å². The number of cyclic esters (lactones) is 1. The predicted octanol–water partition coefficient (Wildman–Crippen LogP) is 0.850. The van der Waals surface area contributed by atoms with Crippen molar-refractivity contribution in [3.8, 4) is 0 Å². The molecule has 1 heterocycles. The van der Waals surface area contributed by atoms with E-state index in [-0.39, 0.29) is 6.61 Å². The van der Waals surface area contributed by atoms with Crippen molar-refractivity contribution in [1.29, 1.82) is 0 Å². The molecule has 5 nitrogen and oxygen atoms in total. The van der Waals surface area contributed by atoms with Crippen molar-refractivity contribution in [2.75, 3.05) is 6.61 Å². The highest BCUT2D eigenvalue weighted by molar-refractivity contribution is 6.40. The molecule has 90 valence electrons. The predicted molar refractivity (Wildman–Crippen MR) is 54.5 cm³/mol. The molecule has 16 heavy (non-hydrogen) atoms. The summed E-state index contributed by atoms with van der Waals surface area (Å²) in [5.41, 5.74) is 0. The van der Waals surface area contributed by atoms with E-state index in [0.29, 0.717) is 6.42 Å². The van der Waals surface area contributed by atoms with Crippen molar-refractivity contribution in [1.82, 2.24) is 0 Å². The summed E-state index contributed by atoms with van der Waals surface area (Å²) in [6.45, 7) is 3.83. The molecule has 0 aromatic rings. The lowest BCUT2D eigenvalue weighted by Gasteiger charge is -2.14. The molecule has 0 radical (unpaired) electrons. The number of carbonyl (C=O) groups is 3. The van der Waals surface area contributed by atoms with Crippen LogP contribution in [0, 0.1) is 5.92 Å². The molecule has 1 saturated heterocycles. The normalized spacial score (nSPS) is 24.4. The van der Waals surface area contributed by atoms with Crippen LogP contribution in [0.15, 0.2) is 0 Å². The number of ketones is 1. The van der Waals surface area contributed by atoms with Crippen molar-refractivity contribution in [3.05, 3.63) is 0 Å². The summed E-state index contributed by atoms with van der Waals surface area (Å²) in [5.74, 6) is -3.41. The van der Waals surface area contributed by atoms with E-state index in [1.54, 1.807) is 6.92 Å². The minimum atomic E-state index is -1.06. The average Bonchev–Trinajstić information content (AvgIpc) is 2.52. The molecular formula is C11H16O5. The van der Waals surface area contributed by atoms with E-state index < -0.39 is 29.7 Å². The number of unbranched alkanes of at least 4 members (excludes halogenated alkanes) is 1. The van der Waals surface area contributed by atoms with Gasteiger partial charge in [0.2, 0.25) is 0 Å². The Balaban J connectivity index is 2.71. The van der Waals surface area contributed by atoms with Gasteiger partial charge in [-0.25, -0.2) is 4.79 Å². The maximum Gasteiger partial charge on any atom is 0.376 e. The van der Waals surface area contributed by atoms with Crippen LogP contribution in [0.25, 0.3) is 0 Å². The number of ether oxygens (including phenoxy) is 2. The van der Waals surface area contributed by atoms with Crippen LogP contribution in [0.1, 0.15) is 33.1 Å². The van der Waals surface area contributed by atoms with Gasteiger partial charge in [0.25, 0.3) is 5.78 Å². The second-order valence-corrected chi connectivity index (χ2v) is 3.68. The number of hydrogen-bond acceptors (Lipinski definition) is 5. The van der Waals surface area contributed by atoms with Gasteiger partial charge < -0.3 is 9.47 Å². The van der Waals surface area contributed by atoms with Gasteiger partial charge in [0.1, 0.15) is 6.10 Å². The van der Waals surface area contributed by atoms with Crippen LogP contribution in [0.5, 0.6) is 0 Å². The lowest BCUT2D eigenvalue weighted by Crippen LogP contribution is -2.31. The van der Waals surface area contributed by atoms with Crippen LogP contribution in [-0.4, -0.2) is 30.4 Å². The quantitative estimate of drug-likeness (QED) is 0.396. The Morgan fingerprint density at radius 2 is 2.06 bits per heavy atom. The zero-order valence-corrected chi connectivity index (χ0v) is 9.52. The van der Waals surface area contributed by atoms with Crippen molar-refractivity contribution in [2.45, 2.75) is 39.2 Å². The molecule has 0 bridgehead atoms. The molecule has 0 saturated carbocycles. The highest BCUT2D eigenvalue weighted by atomic mass is 16.6. The SMILES string of the molecule is CCCCC1OC(=O)C(=O)C1C(=O)OCC. The third-order valence-electron chi connectivity index (χ3n) is 2.50. The molecule has 0 spiro atoms. The first-order chi connectivity index (χ1) is 7.61. The fourth-order valence-electron chi connectivity index (χ4n) is 1.68. The van der Waals surface area contributed by atoms with Gasteiger partial charge in [0.15, 0.2) is 5.92 Å². The largest absolute Gasteiger partial charge is 0.465 e. The Kier molecular flexibility index (Phi) is 4.46. The van der Waals surface area contributed by atoms with Gasteiger partial charge in [-0.05, 0) is 13.3 Å². The topological polar surface area (TPSA) is 69.7 Å². The maximum absolute atomic E-state index is 11.5. The standard InChI is InChI=1S/C11H16O5/c1-3-5-6-7-8(10(13)15-4-2)9(12)11(14)16-7/h7-8H,3-6H2,1-2H3. The van der Waals surface area contributed by atoms with E-state index in [4.69, 9.17) is 9.47 Å². The van der Waals surface area contributed by atoms with Gasteiger partial charge in [-0.2, -0.15) is 0 Å². The molecule has 0 amide bonds. The second-order valence-electron chi connectivity index (χ2n) is 3.68. The van der Waals surface area contributed by atoms with Crippen LogP contribution >= 0.6 is 0 Å². The maximum atomic E-state index is 11.5. The Hall–Kier alpha value is -1.39. The summed E-state index contributed by atoms with van der Waals surface area (Å²) in [6, 6.07) is 0. The van der Waals surface area contributed by atoms with Crippen LogP contribution in [-0.2, 0) is 23.9 Å². The van der Waals surface area contributed by atoms with Gasteiger partial charge in [-0.3, -0.25) is 9.59 Å². The van der Waals surface area contributed by atoms with Crippen LogP contribution in [0.3, 0.4) is 0 Å². The molecule has 0 N–H and O–H groups in total. The van der Waals surface area contributed by atoms with E-state index in [2.05, 4.69) is 0 Å². The molecule has 0 aliphatic carbocycles. The Labute approximate surface area is 94.1 Å². The lowest BCUT2D eigenvalue weighted by atomic mass is 9.96. The van der Waals surface area contributed by atoms with Crippen molar-refractivity contribution >= 4 is 17.7 Å². The fraction of sp³-hybridized carbons (Fsp3) is 0.727. The fourth-order valence-corrected chi connectivity index (χ4v) is 1.68. The monoisotopic (exact) mass is 228 g/mol. The Morgan fingerprint density at radius 1 is 1.38 bits per heavy atom. The molecule has 1 aliphatic rings. The van der Waals surface area contributed by atoms with Gasteiger partial charge >= 0.3 is 11.9 Å². The van der Waals surface area contributed by atoms with E-state index in [0.717, 1.165) is 12.8 Å². The van der Waals surface area contributed by atoms with Gasteiger partial charge in [-0.15, -0.1) is 0 Å². The molecule has 1 fully saturated rings. The molecular weight excluding hydrogens is 212 g/mol. The van der Waals surface area contributed by atoms with E-state index >= 15 is 0 Å². The molecule has 2 unspecified atom stereocenters. The summed E-state index contributed by atoms with van der Waals surface area (Å²) in [7, 11) is 0. The molecule has 0 aromatic heterocycles. The minimum Gasteiger partial charge on any atom is -0.465 e. The van der Waals surface area contributed by atoms with Crippen LogP contribution < -0.4 is 0 Å². The number of hydrogen-bond donors (Lipinski definition) is 0. The first-order valence-electron chi connectivity index (χ1n) is 5.53. The first kappa shape index (κ1) is 12.7. The smallest absolute Gasteiger partial charge is 0.376 e. The Bertz CT molecular complexity index is 297. The van der Waals surface area contributed by atoms with Gasteiger partial charge in [-0.1, -0.05) is 19.8 Å². The Morgan fingerprint density at radius 3 is 2.62 bits per heavy atom. The summed E-state index contributed by atoms with van der Waals surface area (Å²) < 4.78 is 9.63. The van der Waals surface area contributed by atoms with E-state index in [9.17, 15) is 14.4 Å². The number of rotatable bonds is 5. The zero-order valence-electron chi connectivity index (χ0n) is 9.52. The highest BCUT2D eigenvalue weighted by Crippen LogP contribution is 2.24. The highest BCUT2D eigenvalue weighted by Gasteiger charge is 2.48. The zero-order chi connectivity index (χ0) is 12.1. The third-order valence-corrected chi connectivity index (χ3v) is 2.50. The molecule has 5 heteroatoms. The average molecular weight is 228 g/mol. The van der Waals surface area contributed by atoms with Gasteiger partial charge in [0.05, 0.1) is 6.61 Å². The number of esters is 2. The third kappa shape index (κ3) is 2.59. The second kappa shape index (κ2) is 5.63. The molecule has 1 rings (SSSR count). The number of Topliss-reactive ketones (excluding diaryl/α,β-unsaturated/α-hetero) is 1. The van der Waals surface area contributed by atoms with Crippen molar-refractivity contribution < 1.29 is 23.9 Å². The van der Waals surface area contributed by atoms with Gasteiger partial charge in [0, 0.05) is 0 Å². The number of carbonyl (C=O) groups excluding carboxylic acids is 3. The summed E-state index contributed by atoms with van der Waals surface area (Å²) in [5, 5.41) is 0. The lowest BCUT2D eigenvalue weighted by molar-refractivity contribution is -0.152. The van der Waals surface area contributed by atoms with E-state index in [1.807, 2.05) is 6.92 Å². The van der Waals surface area contributed by atoms with Crippen LogP contribution in [0.4, 0.5) is 0 Å². The molecule has 2 atom stereocenters. The summed E-state index contributed by atoms with van der Waals surface area (Å²) in [6.07, 6.45) is 1.61. The molecule has 1 aliphatic heterocycles. The van der Waals surface area contributed by atoms with Crippen molar-refractivity contribution in [2.24, 2.45) is 5.92 Å². The van der Waals surface area contributed by atoms with Crippen LogP contribution in [0.2, 0.25) is 0 Å².